The number of ether oxygens (including phenoxy) is 2. The maximum atomic E-state index is 6.18. The monoisotopic (exact) mass is 239 g/mol. The fraction of sp³-hybridized carbons (Fsp3) is 0.125. The zero-order valence-corrected chi connectivity index (χ0v) is 10.5. The maximum absolute atomic E-state index is 6.18. The lowest BCUT2D eigenvalue weighted by atomic mass is 9.99. The second-order valence-corrected chi connectivity index (χ2v) is 3.85. The maximum Gasteiger partial charge on any atom is 0.130 e. The van der Waals surface area contributed by atoms with Crippen LogP contribution in [0.15, 0.2) is 48.5 Å². The molecule has 0 aromatic heterocycles. The van der Waals surface area contributed by atoms with E-state index >= 15 is 0 Å². The van der Waals surface area contributed by atoms with Gasteiger partial charge in [-0.15, -0.1) is 0 Å². The van der Waals surface area contributed by atoms with Crippen molar-refractivity contribution in [1.29, 1.82) is 0 Å². The van der Waals surface area contributed by atoms with E-state index < -0.39 is 0 Å². The summed E-state index contributed by atoms with van der Waals surface area (Å²) >= 11 is 0. The van der Waals surface area contributed by atoms with Crippen molar-refractivity contribution in [3.63, 3.8) is 0 Å². The summed E-state index contributed by atoms with van der Waals surface area (Å²) in [5.41, 5.74) is 2.53. The van der Waals surface area contributed by atoms with Gasteiger partial charge in [-0.25, -0.2) is 0 Å². The fourth-order valence-corrected chi connectivity index (χ4v) is 1.79. The van der Waals surface area contributed by atoms with E-state index in [-0.39, 0.29) is 0 Å². The van der Waals surface area contributed by atoms with Crippen LogP contribution in [0.25, 0.3) is 5.57 Å². The van der Waals surface area contributed by atoms with E-state index in [4.69, 9.17) is 16.1 Å². The minimum atomic E-state index is 0.690. The molecule has 18 heavy (non-hydrogen) atoms. The average Bonchev–Trinajstić information content (AvgIpc) is 2.46. The molecule has 2 heteroatoms. The number of hydrogen-bond acceptors (Lipinski definition) is 2. The summed E-state index contributed by atoms with van der Waals surface area (Å²) in [7, 11) is 3.25. The molecule has 1 radical (unpaired) electrons. The molecule has 2 rings (SSSR count). The molecule has 0 atom stereocenters. The van der Waals surface area contributed by atoms with Crippen molar-refractivity contribution in [3.8, 4) is 11.5 Å². The van der Waals surface area contributed by atoms with Gasteiger partial charge in [-0.3, -0.25) is 0 Å². The summed E-state index contributed by atoms with van der Waals surface area (Å²) in [4.78, 5) is 0. The van der Waals surface area contributed by atoms with Crippen LogP contribution in [-0.2, 0) is 0 Å². The van der Waals surface area contributed by atoms with Gasteiger partial charge in [-0.2, -0.15) is 0 Å². The quantitative estimate of drug-likeness (QED) is 0.812. The van der Waals surface area contributed by atoms with Crippen LogP contribution >= 0.6 is 0 Å². The van der Waals surface area contributed by atoms with E-state index in [9.17, 15) is 0 Å². The molecule has 2 aromatic rings. The molecule has 2 nitrogen and oxygen atoms in total. The average molecular weight is 239 g/mol. The van der Waals surface area contributed by atoms with E-state index in [0.717, 1.165) is 16.9 Å². The van der Waals surface area contributed by atoms with Gasteiger partial charge in [0.2, 0.25) is 0 Å². The van der Waals surface area contributed by atoms with Crippen molar-refractivity contribution in [2.45, 2.75) is 0 Å². The summed E-state index contributed by atoms with van der Waals surface area (Å²) in [6, 6.07) is 15.4. The molecule has 0 aliphatic rings. The highest BCUT2D eigenvalue weighted by Gasteiger charge is 2.09. The molecule has 0 fully saturated rings. The number of methoxy groups -OCH3 is 2. The van der Waals surface area contributed by atoms with Gasteiger partial charge in [-0.05, 0) is 23.3 Å². The molecule has 0 aliphatic carbocycles. The molecule has 0 aliphatic heterocycles. The first kappa shape index (κ1) is 12.2. The van der Waals surface area contributed by atoms with Crippen molar-refractivity contribution in [1.82, 2.24) is 0 Å². The molecule has 0 amide bonds. The van der Waals surface area contributed by atoms with Gasteiger partial charge in [0.15, 0.2) is 0 Å². The third kappa shape index (κ3) is 2.38. The number of benzene rings is 2. The predicted octanol–water partition coefficient (Wildman–Crippen LogP) is 3.57. The van der Waals surface area contributed by atoms with Gasteiger partial charge in [-0.1, -0.05) is 36.9 Å². The SMILES string of the molecule is [CH]=C(c1ccccc1)c1ccc(OC)cc1OC. The first-order valence-corrected chi connectivity index (χ1v) is 5.66. The summed E-state index contributed by atoms with van der Waals surface area (Å²) in [6.45, 7) is 6.18. The number of hydrogen-bond donors (Lipinski definition) is 0. The summed E-state index contributed by atoms with van der Waals surface area (Å²) in [6.07, 6.45) is 0. The minimum Gasteiger partial charge on any atom is -0.497 e. The van der Waals surface area contributed by atoms with E-state index in [1.54, 1.807) is 14.2 Å². The second kappa shape index (κ2) is 5.41. The van der Waals surface area contributed by atoms with Crippen molar-refractivity contribution in [2.24, 2.45) is 0 Å². The molecule has 0 spiro atoms. The molecule has 0 saturated heterocycles. The van der Waals surface area contributed by atoms with Gasteiger partial charge >= 0.3 is 0 Å². The Morgan fingerprint density at radius 3 is 2.28 bits per heavy atom. The zero-order chi connectivity index (χ0) is 13.0. The Balaban J connectivity index is 2.42. The van der Waals surface area contributed by atoms with E-state index in [2.05, 4.69) is 0 Å². The smallest absolute Gasteiger partial charge is 0.130 e. The van der Waals surface area contributed by atoms with E-state index in [1.807, 2.05) is 48.5 Å². The van der Waals surface area contributed by atoms with Crippen LogP contribution in [0.4, 0.5) is 0 Å². The highest BCUT2D eigenvalue weighted by molar-refractivity contribution is 5.80. The zero-order valence-electron chi connectivity index (χ0n) is 10.5. The van der Waals surface area contributed by atoms with Crippen molar-refractivity contribution in [3.05, 3.63) is 66.2 Å². The lowest BCUT2D eigenvalue weighted by Gasteiger charge is -2.12. The molecule has 0 unspecified atom stereocenters. The molecule has 0 N–H and O–H groups in total. The topological polar surface area (TPSA) is 18.5 Å². The fourth-order valence-electron chi connectivity index (χ4n) is 1.79. The molecule has 0 heterocycles. The van der Waals surface area contributed by atoms with Crippen LogP contribution in [-0.4, -0.2) is 14.2 Å². The van der Waals surface area contributed by atoms with Crippen LogP contribution in [0.3, 0.4) is 0 Å². The largest absolute Gasteiger partial charge is 0.497 e. The Bertz CT molecular complexity index is 544. The first-order valence-electron chi connectivity index (χ1n) is 5.66. The third-order valence-corrected chi connectivity index (χ3v) is 2.78. The lowest BCUT2D eigenvalue weighted by Crippen LogP contribution is -1.94. The molecule has 91 valence electrons. The lowest BCUT2D eigenvalue weighted by molar-refractivity contribution is 0.393. The predicted molar refractivity (Wildman–Crippen MR) is 72.8 cm³/mol. The number of rotatable bonds is 4. The molecular weight excluding hydrogens is 224 g/mol. The van der Waals surface area contributed by atoms with Crippen molar-refractivity contribution < 1.29 is 9.47 Å². The molecule has 2 aromatic carbocycles. The Morgan fingerprint density at radius 1 is 0.944 bits per heavy atom. The Labute approximate surface area is 107 Å². The van der Waals surface area contributed by atoms with Crippen LogP contribution in [0, 0.1) is 6.58 Å². The summed E-state index contributed by atoms with van der Waals surface area (Å²) in [5.74, 6) is 1.45. The van der Waals surface area contributed by atoms with Crippen LogP contribution < -0.4 is 9.47 Å². The highest BCUT2D eigenvalue weighted by atomic mass is 16.5. The van der Waals surface area contributed by atoms with Gasteiger partial charge in [0.05, 0.1) is 14.2 Å². The second-order valence-electron chi connectivity index (χ2n) is 3.85. The van der Waals surface area contributed by atoms with Gasteiger partial charge < -0.3 is 9.47 Å². The van der Waals surface area contributed by atoms with E-state index in [1.165, 1.54) is 0 Å². The van der Waals surface area contributed by atoms with Crippen LogP contribution in [0.2, 0.25) is 0 Å². The Hall–Kier alpha value is -2.22. The highest BCUT2D eigenvalue weighted by Crippen LogP contribution is 2.32. The van der Waals surface area contributed by atoms with Gasteiger partial charge in [0.1, 0.15) is 11.5 Å². The van der Waals surface area contributed by atoms with Crippen molar-refractivity contribution >= 4 is 5.57 Å². The molecule has 0 bridgehead atoms. The normalized spacial score (nSPS) is 9.89. The minimum absolute atomic E-state index is 0.690. The first-order chi connectivity index (χ1) is 8.76. The standard InChI is InChI=1S/C16H15O2/c1-12(13-7-5-4-6-8-13)15-10-9-14(17-2)11-16(15)18-3/h1,4-11H,2-3H3. The molecular formula is C16H15O2. The molecule has 0 saturated carbocycles. The van der Waals surface area contributed by atoms with Crippen LogP contribution in [0.5, 0.6) is 11.5 Å². The third-order valence-electron chi connectivity index (χ3n) is 2.78. The van der Waals surface area contributed by atoms with Gasteiger partial charge in [0.25, 0.3) is 0 Å². The Morgan fingerprint density at radius 2 is 1.67 bits per heavy atom. The Kier molecular flexibility index (Phi) is 3.68. The summed E-state index contributed by atoms with van der Waals surface area (Å²) < 4.78 is 10.5. The summed E-state index contributed by atoms with van der Waals surface area (Å²) in [5, 5.41) is 0. The van der Waals surface area contributed by atoms with Crippen molar-refractivity contribution in [2.75, 3.05) is 14.2 Å². The van der Waals surface area contributed by atoms with E-state index in [0.29, 0.717) is 11.3 Å². The van der Waals surface area contributed by atoms with Crippen LogP contribution in [0.1, 0.15) is 11.1 Å². The van der Waals surface area contributed by atoms with Gasteiger partial charge in [0, 0.05) is 11.6 Å².